The number of aryl methyl sites for hydroxylation is 1. The summed E-state index contributed by atoms with van der Waals surface area (Å²) in [7, 11) is 0. The van der Waals surface area contributed by atoms with Crippen molar-refractivity contribution in [3.8, 4) is 17.6 Å². The van der Waals surface area contributed by atoms with E-state index in [1.807, 2.05) is 6.92 Å². The zero-order valence-electron chi connectivity index (χ0n) is 14.8. The monoisotopic (exact) mass is 442 g/mol. The number of amides is 1. The molecule has 0 unspecified atom stereocenters. The van der Waals surface area contributed by atoms with Gasteiger partial charge in [0.05, 0.1) is 0 Å². The maximum absolute atomic E-state index is 12.1. The van der Waals surface area contributed by atoms with E-state index in [0.29, 0.717) is 22.7 Å². The molecule has 0 spiro atoms. The van der Waals surface area contributed by atoms with Crippen LogP contribution in [0.25, 0.3) is 6.08 Å². The van der Waals surface area contributed by atoms with E-state index in [9.17, 15) is 14.9 Å². The Morgan fingerprint density at radius 2 is 2.04 bits per heavy atom. The van der Waals surface area contributed by atoms with Crippen molar-refractivity contribution in [2.45, 2.75) is 6.92 Å². The molecule has 1 amide bonds. The number of nitrogens with zero attached hydrogens (tertiary/aromatic N) is 1. The Morgan fingerprint density at radius 3 is 2.79 bits per heavy atom. The summed E-state index contributed by atoms with van der Waals surface area (Å²) < 4.78 is 16.3. The number of benzene rings is 2. The van der Waals surface area contributed by atoms with Crippen molar-refractivity contribution in [1.29, 1.82) is 5.26 Å². The van der Waals surface area contributed by atoms with E-state index in [4.69, 9.17) is 14.2 Å². The molecule has 2 aromatic rings. The van der Waals surface area contributed by atoms with Crippen LogP contribution < -0.4 is 14.8 Å². The van der Waals surface area contributed by atoms with Crippen LogP contribution in [-0.2, 0) is 14.3 Å². The summed E-state index contributed by atoms with van der Waals surface area (Å²) in [5.41, 5.74) is 1.88. The number of hydrogen-bond acceptors (Lipinski definition) is 6. The molecule has 0 aromatic heterocycles. The molecule has 8 heteroatoms. The summed E-state index contributed by atoms with van der Waals surface area (Å²) in [6.45, 7) is 1.51. The molecule has 0 saturated carbocycles. The average molecular weight is 443 g/mol. The summed E-state index contributed by atoms with van der Waals surface area (Å²) in [5, 5.41) is 11.9. The minimum Gasteiger partial charge on any atom is -0.454 e. The van der Waals surface area contributed by atoms with Crippen LogP contribution in [0.15, 0.2) is 46.4 Å². The van der Waals surface area contributed by atoms with Gasteiger partial charge < -0.3 is 19.5 Å². The number of halogens is 1. The SMILES string of the molecule is Cc1cc(NC(=O)COC(=O)/C(C#N)=C\c2ccc3c(c2)OCO3)ccc1Br. The van der Waals surface area contributed by atoms with E-state index in [0.717, 1.165) is 10.0 Å². The molecule has 0 saturated heterocycles. The van der Waals surface area contributed by atoms with E-state index in [-0.39, 0.29) is 12.4 Å². The second kappa shape index (κ2) is 8.59. The maximum Gasteiger partial charge on any atom is 0.349 e. The van der Waals surface area contributed by atoms with Crippen LogP contribution in [0.2, 0.25) is 0 Å². The third-order valence-electron chi connectivity index (χ3n) is 3.82. The van der Waals surface area contributed by atoms with Crippen molar-refractivity contribution in [2.75, 3.05) is 18.7 Å². The highest BCUT2D eigenvalue weighted by atomic mass is 79.9. The lowest BCUT2D eigenvalue weighted by molar-refractivity contribution is -0.142. The first-order valence-corrected chi connectivity index (χ1v) is 9.00. The fourth-order valence-corrected chi connectivity index (χ4v) is 2.68. The molecule has 1 N–H and O–H groups in total. The fourth-order valence-electron chi connectivity index (χ4n) is 2.43. The molecule has 7 nitrogen and oxygen atoms in total. The molecule has 28 heavy (non-hydrogen) atoms. The van der Waals surface area contributed by atoms with E-state index >= 15 is 0 Å². The Hall–Kier alpha value is -3.31. The molecule has 0 atom stereocenters. The molecule has 0 radical (unpaired) electrons. The maximum atomic E-state index is 12.1. The van der Waals surface area contributed by atoms with Gasteiger partial charge >= 0.3 is 5.97 Å². The molecule has 0 fully saturated rings. The first-order valence-electron chi connectivity index (χ1n) is 8.21. The summed E-state index contributed by atoms with van der Waals surface area (Å²) >= 11 is 3.38. The number of fused-ring (bicyclic) bond motifs is 1. The van der Waals surface area contributed by atoms with Crippen molar-refractivity contribution >= 4 is 39.6 Å². The third-order valence-corrected chi connectivity index (χ3v) is 4.71. The predicted octanol–water partition coefficient (Wildman–Crippen LogP) is 3.58. The van der Waals surface area contributed by atoms with Gasteiger partial charge in [-0.1, -0.05) is 22.0 Å². The first kappa shape index (κ1) is 19.5. The smallest absolute Gasteiger partial charge is 0.349 e. The van der Waals surface area contributed by atoms with Crippen LogP contribution in [0.5, 0.6) is 11.5 Å². The lowest BCUT2D eigenvalue weighted by Crippen LogP contribution is -2.21. The quantitative estimate of drug-likeness (QED) is 0.431. The van der Waals surface area contributed by atoms with Gasteiger partial charge in [-0.05, 0) is 54.5 Å². The normalized spacial score (nSPS) is 12.2. The Kier molecular flexibility index (Phi) is 5.96. The second-order valence-electron chi connectivity index (χ2n) is 5.87. The zero-order chi connectivity index (χ0) is 20.1. The second-order valence-corrected chi connectivity index (χ2v) is 6.73. The number of anilines is 1. The van der Waals surface area contributed by atoms with E-state index < -0.39 is 18.5 Å². The lowest BCUT2D eigenvalue weighted by atomic mass is 10.1. The van der Waals surface area contributed by atoms with Gasteiger partial charge in [-0.3, -0.25) is 4.79 Å². The van der Waals surface area contributed by atoms with E-state index in [1.54, 1.807) is 42.5 Å². The standard InChI is InChI=1S/C20H15BrN2O5/c1-12-6-15(3-4-16(12)21)23-19(24)10-26-20(25)14(9-22)7-13-2-5-17-18(8-13)28-11-27-17/h2-8H,10-11H2,1H3,(H,23,24)/b14-7-. The van der Waals surface area contributed by atoms with Gasteiger partial charge in [-0.2, -0.15) is 5.26 Å². The Morgan fingerprint density at radius 1 is 1.25 bits per heavy atom. The molecular formula is C20H15BrN2O5. The Balaban J connectivity index is 1.60. The number of carbonyl (C=O) groups excluding carboxylic acids is 2. The van der Waals surface area contributed by atoms with Gasteiger partial charge in [0.2, 0.25) is 6.79 Å². The number of ether oxygens (including phenoxy) is 3. The molecule has 0 bridgehead atoms. The van der Waals surface area contributed by atoms with Crippen molar-refractivity contribution < 1.29 is 23.8 Å². The Labute approximate surface area is 169 Å². The third kappa shape index (κ3) is 4.69. The van der Waals surface area contributed by atoms with E-state index in [2.05, 4.69) is 21.2 Å². The number of rotatable bonds is 5. The molecular weight excluding hydrogens is 428 g/mol. The summed E-state index contributed by atoms with van der Waals surface area (Å²) in [6, 6.07) is 12.1. The Bertz CT molecular complexity index is 1010. The van der Waals surface area contributed by atoms with Gasteiger partial charge in [0, 0.05) is 10.2 Å². The molecule has 1 aliphatic heterocycles. The van der Waals surface area contributed by atoms with Crippen LogP contribution in [0, 0.1) is 18.3 Å². The summed E-state index contributed by atoms with van der Waals surface area (Å²) in [4.78, 5) is 24.1. The summed E-state index contributed by atoms with van der Waals surface area (Å²) in [6.07, 6.45) is 1.36. The largest absolute Gasteiger partial charge is 0.454 e. The topological polar surface area (TPSA) is 97.7 Å². The van der Waals surface area contributed by atoms with Crippen LogP contribution in [0.1, 0.15) is 11.1 Å². The van der Waals surface area contributed by atoms with Crippen LogP contribution in [-0.4, -0.2) is 25.3 Å². The van der Waals surface area contributed by atoms with E-state index in [1.165, 1.54) is 6.08 Å². The number of nitrogens with one attached hydrogen (secondary N) is 1. The molecule has 3 rings (SSSR count). The minimum atomic E-state index is -0.887. The van der Waals surface area contributed by atoms with Gasteiger partial charge in [-0.15, -0.1) is 0 Å². The number of hydrogen-bond donors (Lipinski definition) is 1. The number of nitriles is 1. The zero-order valence-corrected chi connectivity index (χ0v) is 16.4. The molecule has 1 heterocycles. The van der Waals surface area contributed by atoms with Crippen molar-refractivity contribution in [2.24, 2.45) is 0 Å². The minimum absolute atomic E-state index is 0.128. The highest BCUT2D eigenvalue weighted by Gasteiger charge is 2.16. The number of carbonyl (C=O) groups is 2. The lowest BCUT2D eigenvalue weighted by Gasteiger charge is -2.08. The summed E-state index contributed by atoms with van der Waals surface area (Å²) in [5.74, 6) is -0.264. The van der Waals surface area contributed by atoms with Crippen LogP contribution >= 0.6 is 15.9 Å². The van der Waals surface area contributed by atoms with Crippen LogP contribution in [0.3, 0.4) is 0 Å². The first-order chi connectivity index (χ1) is 13.5. The highest BCUT2D eigenvalue weighted by Crippen LogP contribution is 2.33. The highest BCUT2D eigenvalue weighted by molar-refractivity contribution is 9.10. The number of esters is 1. The van der Waals surface area contributed by atoms with Gasteiger partial charge in [-0.25, -0.2) is 4.79 Å². The predicted molar refractivity (Wildman–Crippen MR) is 105 cm³/mol. The molecule has 0 aliphatic carbocycles. The van der Waals surface area contributed by atoms with Crippen molar-refractivity contribution in [3.05, 3.63) is 57.6 Å². The molecule has 1 aliphatic rings. The molecule has 2 aromatic carbocycles. The molecule has 142 valence electrons. The van der Waals surface area contributed by atoms with Gasteiger partial charge in [0.25, 0.3) is 5.91 Å². The van der Waals surface area contributed by atoms with Crippen molar-refractivity contribution in [3.63, 3.8) is 0 Å². The fraction of sp³-hybridized carbons (Fsp3) is 0.150. The average Bonchev–Trinajstić information content (AvgIpc) is 3.15. The van der Waals surface area contributed by atoms with Gasteiger partial charge in [0.1, 0.15) is 11.6 Å². The van der Waals surface area contributed by atoms with Crippen LogP contribution in [0.4, 0.5) is 5.69 Å². The van der Waals surface area contributed by atoms with Crippen molar-refractivity contribution in [1.82, 2.24) is 0 Å². The van der Waals surface area contributed by atoms with Gasteiger partial charge in [0.15, 0.2) is 18.1 Å².